The molecule has 0 saturated heterocycles. The predicted molar refractivity (Wildman–Crippen MR) is 75.8 cm³/mol. The zero-order valence-electron chi connectivity index (χ0n) is 11.9. The van der Waals surface area contributed by atoms with Crippen LogP contribution in [0, 0.1) is 19.7 Å². The summed E-state index contributed by atoms with van der Waals surface area (Å²) in [4.78, 5) is 0. The van der Waals surface area contributed by atoms with Crippen LogP contribution in [0.1, 0.15) is 36.7 Å². The van der Waals surface area contributed by atoms with Crippen LogP contribution < -0.4 is 5.32 Å². The first-order chi connectivity index (χ1) is 8.97. The van der Waals surface area contributed by atoms with Gasteiger partial charge in [0, 0.05) is 18.8 Å². The van der Waals surface area contributed by atoms with Crippen LogP contribution in [0.25, 0.3) is 0 Å². The molecule has 19 heavy (non-hydrogen) atoms. The lowest BCUT2D eigenvalue weighted by Gasteiger charge is -2.06. The van der Waals surface area contributed by atoms with E-state index in [1.807, 2.05) is 23.9 Å². The summed E-state index contributed by atoms with van der Waals surface area (Å²) in [6.07, 6.45) is 2.01. The molecular formula is C15H20FN3. The fraction of sp³-hybridized carbons (Fsp3) is 0.400. The van der Waals surface area contributed by atoms with Gasteiger partial charge in [0.25, 0.3) is 0 Å². The minimum absolute atomic E-state index is 0.160. The van der Waals surface area contributed by atoms with E-state index in [9.17, 15) is 4.39 Å². The van der Waals surface area contributed by atoms with E-state index in [2.05, 4.69) is 24.3 Å². The molecule has 0 radical (unpaired) electrons. The minimum atomic E-state index is -0.160. The molecule has 0 amide bonds. The minimum Gasteiger partial charge on any atom is -0.378 e. The highest BCUT2D eigenvalue weighted by atomic mass is 19.1. The van der Waals surface area contributed by atoms with Gasteiger partial charge < -0.3 is 5.32 Å². The third-order valence-electron chi connectivity index (χ3n) is 3.15. The Morgan fingerprint density at radius 2 is 2.05 bits per heavy atom. The van der Waals surface area contributed by atoms with Crippen molar-refractivity contribution in [2.75, 3.05) is 5.32 Å². The summed E-state index contributed by atoms with van der Waals surface area (Å²) in [5.41, 5.74) is 3.74. The second kappa shape index (κ2) is 5.43. The normalized spacial score (nSPS) is 11.1. The number of hydrogen-bond acceptors (Lipinski definition) is 2. The second-order valence-electron chi connectivity index (χ2n) is 5.14. The van der Waals surface area contributed by atoms with Crippen LogP contribution in [0.3, 0.4) is 0 Å². The van der Waals surface area contributed by atoms with E-state index in [0.29, 0.717) is 18.2 Å². The lowest BCUT2D eigenvalue weighted by atomic mass is 10.1. The summed E-state index contributed by atoms with van der Waals surface area (Å²) in [5.74, 6) is -0.160. The zero-order valence-corrected chi connectivity index (χ0v) is 11.9. The van der Waals surface area contributed by atoms with E-state index >= 15 is 0 Å². The van der Waals surface area contributed by atoms with E-state index in [0.717, 1.165) is 16.9 Å². The SMILES string of the molecule is Cc1cc(CNc2cn(C(C)C)nc2C)ccc1F. The lowest BCUT2D eigenvalue weighted by molar-refractivity contribution is 0.529. The number of nitrogens with one attached hydrogen (secondary N) is 1. The van der Waals surface area contributed by atoms with Crippen molar-refractivity contribution in [3.8, 4) is 0 Å². The first-order valence-corrected chi connectivity index (χ1v) is 6.52. The molecule has 2 aromatic rings. The summed E-state index contributed by atoms with van der Waals surface area (Å²) in [6, 6.07) is 5.53. The molecule has 0 saturated carbocycles. The van der Waals surface area contributed by atoms with Gasteiger partial charge in [0.05, 0.1) is 11.4 Å². The monoisotopic (exact) mass is 261 g/mol. The van der Waals surface area contributed by atoms with Crippen molar-refractivity contribution in [1.29, 1.82) is 0 Å². The maximum atomic E-state index is 13.2. The number of hydrogen-bond donors (Lipinski definition) is 1. The standard InChI is InChI=1S/C15H20FN3/c1-10(2)19-9-15(12(4)18-19)17-8-13-5-6-14(16)11(3)7-13/h5-7,9-10,17H,8H2,1-4H3. The highest BCUT2D eigenvalue weighted by Gasteiger charge is 2.07. The largest absolute Gasteiger partial charge is 0.378 e. The van der Waals surface area contributed by atoms with Crippen LogP contribution in [-0.2, 0) is 6.54 Å². The molecule has 1 aromatic heterocycles. The van der Waals surface area contributed by atoms with Crippen molar-refractivity contribution < 1.29 is 4.39 Å². The van der Waals surface area contributed by atoms with E-state index < -0.39 is 0 Å². The second-order valence-corrected chi connectivity index (χ2v) is 5.14. The number of benzene rings is 1. The molecule has 0 aliphatic heterocycles. The number of anilines is 1. The Balaban J connectivity index is 2.07. The number of aromatic nitrogens is 2. The van der Waals surface area contributed by atoms with Crippen molar-refractivity contribution in [2.24, 2.45) is 0 Å². The van der Waals surface area contributed by atoms with E-state index in [-0.39, 0.29) is 5.82 Å². The molecule has 0 bridgehead atoms. The molecule has 102 valence electrons. The Morgan fingerprint density at radius 1 is 1.32 bits per heavy atom. The maximum absolute atomic E-state index is 13.2. The molecule has 0 fully saturated rings. The number of nitrogens with zero attached hydrogens (tertiary/aromatic N) is 2. The first-order valence-electron chi connectivity index (χ1n) is 6.52. The molecule has 4 heteroatoms. The van der Waals surface area contributed by atoms with Gasteiger partial charge in [0.2, 0.25) is 0 Å². The van der Waals surface area contributed by atoms with Crippen molar-refractivity contribution >= 4 is 5.69 Å². The van der Waals surface area contributed by atoms with Gasteiger partial charge in [-0.3, -0.25) is 4.68 Å². The van der Waals surface area contributed by atoms with Crippen LogP contribution in [0.4, 0.5) is 10.1 Å². The van der Waals surface area contributed by atoms with E-state index in [4.69, 9.17) is 0 Å². The zero-order chi connectivity index (χ0) is 14.0. The lowest BCUT2D eigenvalue weighted by Crippen LogP contribution is -2.01. The Bertz CT molecular complexity index is 573. The summed E-state index contributed by atoms with van der Waals surface area (Å²) in [7, 11) is 0. The third kappa shape index (κ3) is 3.13. The smallest absolute Gasteiger partial charge is 0.126 e. The number of rotatable bonds is 4. The average Bonchev–Trinajstić information content (AvgIpc) is 2.73. The van der Waals surface area contributed by atoms with Gasteiger partial charge in [-0.25, -0.2) is 4.39 Å². The topological polar surface area (TPSA) is 29.9 Å². The van der Waals surface area contributed by atoms with Gasteiger partial charge in [-0.15, -0.1) is 0 Å². The van der Waals surface area contributed by atoms with Crippen LogP contribution in [0.15, 0.2) is 24.4 Å². The molecule has 1 aromatic carbocycles. The summed E-state index contributed by atoms with van der Waals surface area (Å²) < 4.78 is 15.1. The highest BCUT2D eigenvalue weighted by Crippen LogP contribution is 2.17. The molecule has 0 spiro atoms. The van der Waals surface area contributed by atoms with Crippen LogP contribution >= 0.6 is 0 Å². The molecule has 3 nitrogen and oxygen atoms in total. The Morgan fingerprint density at radius 3 is 2.63 bits per heavy atom. The van der Waals surface area contributed by atoms with Gasteiger partial charge in [-0.05, 0) is 44.9 Å². The quantitative estimate of drug-likeness (QED) is 0.906. The summed E-state index contributed by atoms with van der Waals surface area (Å²) >= 11 is 0. The molecule has 2 rings (SSSR count). The van der Waals surface area contributed by atoms with Crippen molar-refractivity contribution in [3.63, 3.8) is 0 Å². The Kier molecular flexibility index (Phi) is 3.88. The number of halogens is 1. The predicted octanol–water partition coefficient (Wildman–Crippen LogP) is 3.83. The van der Waals surface area contributed by atoms with Gasteiger partial charge in [-0.1, -0.05) is 12.1 Å². The first kappa shape index (κ1) is 13.6. The van der Waals surface area contributed by atoms with Crippen molar-refractivity contribution in [2.45, 2.75) is 40.3 Å². The fourth-order valence-corrected chi connectivity index (χ4v) is 1.93. The molecule has 0 aliphatic carbocycles. The van der Waals surface area contributed by atoms with Crippen molar-refractivity contribution in [1.82, 2.24) is 9.78 Å². The molecule has 0 unspecified atom stereocenters. The van der Waals surface area contributed by atoms with Gasteiger partial charge >= 0.3 is 0 Å². The Hall–Kier alpha value is -1.84. The molecular weight excluding hydrogens is 241 g/mol. The fourth-order valence-electron chi connectivity index (χ4n) is 1.93. The Labute approximate surface area is 113 Å². The van der Waals surface area contributed by atoms with Crippen molar-refractivity contribution in [3.05, 3.63) is 47.0 Å². The molecule has 1 N–H and O–H groups in total. The highest BCUT2D eigenvalue weighted by molar-refractivity contribution is 5.46. The van der Waals surface area contributed by atoms with Crippen LogP contribution in [0.5, 0.6) is 0 Å². The molecule has 0 atom stereocenters. The van der Waals surface area contributed by atoms with Gasteiger partial charge in [-0.2, -0.15) is 5.10 Å². The molecule has 0 aliphatic rings. The number of aryl methyl sites for hydroxylation is 2. The maximum Gasteiger partial charge on any atom is 0.126 e. The van der Waals surface area contributed by atoms with Crippen LogP contribution in [0.2, 0.25) is 0 Å². The van der Waals surface area contributed by atoms with Crippen LogP contribution in [-0.4, -0.2) is 9.78 Å². The molecule has 1 heterocycles. The van der Waals surface area contributed by atoms with E-state index in [1.54, 1.807) is 13.0 Å². The summed E-state index contributed by atoms with van der Waals surface area (Å²) in [5, 5.41) is 7.79. The summed E-state index contributed by atoms with van der Waals surface area (Å²) in [6.45, 7) is 8.63. The van der Waals surface area contributed by atoms with Gasteiger partial charge in [0.1, 0.15) is 5.82 Å². The third-order valence-corrected chi connectivity index (χ3v) is 3.15. The average molecular weight is 261 g/mol. The van der Waals surface area contributed by atoms with E-state index in [1.165, 1.54) is 6.07 Å². The van der Waals surface area contributed by atoms with Gasteiger partial charge in [0.15, 0.2) is 0 Å².